The van der Waals surface area contributed by atoms with Crippen molar-refractivity contribution in [2.45, 2.75) is 0 Å². The van der Waals surface area contributed by atoms with Gasteiger partial charge in [0.25, 0.3) is 5.91 Å². The number of para-hydroxylation sites is 1. The van der Waals surface area contributed by atoms with E-state index in [2.05, 4.69) is 15.4 Å². The number of hydrogen-bond donors (Lipinski definition) is 2. The van der Waals surface area contributed by atoms with Crippen molar-refractivity contribution < 1.29 is 23.5 Å². The highest BCUT2D eigenvalue weighted by Crippen LogP contribution is 2.15. The smallest absolute Gasteiger partial charge is 0.339 e. The van der Waals surface area contributed by atoms with Crippen LogP contribution in [0.3, 0.4) is 0 Å². The van der Waals surface area contributed by atoms with E-state index in [4.69, 9.17) is 0 Å². The topological polar surface area (TPSA) is 84.5 Å². The number of methoxy groups -OCH3 is 1. The lowest BCUT2D eigenvalue weighted by Crippen LogP contribution is -2.33. The summed E-state index contributed by atoms with van der Waals surface area (Å²) in [6.45, 7) is -0.372. The first-order valence-corrected chi connectivity index (χ1v) is 7.03. The average molecular weight is 330 g/mol. The summed E-state index contributed by atoms with van der Waals surface area (Å²) < 4.78 is 18.1. The number of anilines is 1. The van der Waals surface area contributed by atoms with E-state index in [1.807, 2.05) is 0 Å². The minimum atomic E-state index is -0.704. The first kappa shape index (κ1) is 17.1. The number of halogens is 1. The number of amides is 2. The predicted octanol–water partition coefficient (Wildman–Crippen LogP) is 1.98. The molecule has 2 aromatic rings. The van der Waals surface area contributed by atoms with Crippen molar-refractivity contribution in [2.24, 2.45) is 0 Å². The lowest BCUT2D eigenvalue weighted by Gasteiger charge is -2.10. The number of hydrogen-bond acceptors (Lipinski definition) is 4. The fourth-order valence-corrected chi connectivity index (χ4v) is 1.98. The van der Waals surface area contributed by atoms with Gasteiger partial charge in [-0.25, -0.2) is 9.18 Å². The molecule has 0 aliphatic carbocycles. The zero-order valence-corrected chi connectivity index (χ0v) is 12.8. The molecular formula is C17H15FN2O4. The quantitative estimate of drug-likeness (QED) is 0.821. The number of esters is 1. The van der Waals surface area contributed by atoms with E-state index in [1.54, 1.807) is 12.1 Å². The molecule has 0 heterocycles. The molecule has 6 nitrogen and oxygen atoms in total. The van der Waals surface area contributed by atoms with Crippen molar-refractivity contribution in [3.8, 4) is 0 Å². The highest BCUT2D eigenvalue weighted by Gasteiger charge is 2.15. The van der Waals surface area contributed by atoms with Crippen LogP contribution in [0.25, 0.3) is 0 Å². The number of ether oxygens (including phenoxy) is 1. The van der Waals surface area contributed by atoms with Crippen LogP contribution in [0.2, 0.25) is 0 Å². The van der Waals surface area contributed by atoms with Crippen LogP contribution < -0.4 is 10.6 Å². The van der Waals surface area contributed by atoms with Gasteiger partial charge in [-0.15, -0.1) is 0 Å². The summed E-state index contributed by atoms with van der Waals surface area (Å²) in [7, 11) is 1.23. The molecule has 0 aliphatic heterocycles. The van der Waals surface area contributed by atoms with Gasteiger partial charge < -0.3 is 15.4 Å². The Bertz CT molecular complexity index is 777. The van der Waals surface area contributed by atoms with Crippen molar-refractivity contribution >= 4 is 23.5 Å². The fourth-order valence-electron chi connectivity index (χ4n) is 1.98. The molecule has 24 heavy (non-hydrogen) atoms. The zero-order valence-electron chi connectivity index (χ0n) is 12.8. The number of nitrogens with one attached hydrogen (secondary N) is 2. The molecule has 0 aliphatic rings. The van der Waals surface area contributed by atoms with Crippen molar-refractivity contribution in [1.29, 1.82) is 0 Å². The van der Waals surface area contributed by atoms with Crippen molar-refractivity contribution in [3.05, 3.63) is 65.5 Å². The second-order valence-electron chi connectivity index (χ2n) is 4.75. The third-order valence-corrected chi connectivity index (χ3v) is 3.13. The highest BCUT2D eigenvalue weighted by atomic mass is 19.1. The van der Waals surface area contributed by atoms with Crippen molar-refractivity contribution in [2.75, 3.05) is 19.0 Å². The molecule has 7 heteroatoms. The van der Waals surface area contributed by atoms with Crippen molar-refractivity contribution in [3.63, 3.8) is 0 Å². The van der Waals surface area contributed by atoms with Crippen molar-refractivity contribution in [1.82, 2.24) is 5.32 Å². The molecule has 2 rings (SSSR count). The fraction of sp³-hybridized carbons (Fsp3) is 0.118. The maximum atomic E-state index is 13.5. The molecule has 2 N–H and O–H groups in total. The van der Waals surface area contributed by atoms with Gasteiger partial charge >= 0.3 is 5.97 Å². The second-order valence-corrected chi connectivity index (χ2v) is 4.75. The molecule has 2 amide bonds. The molecule has 0 unspecified atom stereocenters. The molecular weight excluding hydrogens is 315 g/mol. The summed E-state index contributed by atoms with van der Waals surface area (Å²) in [5.74, 6) is -2.53. The Morgan fingerprint density at radius 3 is 2.29 bits per heavy atom. The van der Waals surface area contributed by atoms with Crippen LogP contribution in [0.15, 0.2) is 48.5 Å². The first-order valence-electron chi connectivity index (χ1n) is 7.03. The standard InChI is InChI=1S/C17H15FN2O4/c1-24-17(23)12-7-3-5-9-14(12)20-15(21)10-19-16(22)11-6-2-4-8-13(11)18/h2-9H,10H2,1H3,(H,19,22)(H,20,21). The van der Waals surface area contributed by atoms with Crippen LogP contribution in [0, 0.1) is 5.82 Å². The Balaban J connectivity index is 1.99. The molecule has 0 spiro atoms. The van der Waals surface area contributed by atoms with Crippen LogP contribution in [0.4, 0.5) is 10.1 Å². The monoisotopic (exact) mass is 330 g/mol. The van der Waals surface area contributed by atoms with E-state index in [1.165, 1.54) is 37.4 Å². The Kier molecular flexibility index (Phi) is 5.62. The summed E-state index contributed by atoms with van der Waals surface area (Å²) in [5, 5.41) is 4.81. The third kappa shape index (κ3) is 4.16. The summed E-state index contributed by atoms with van der Waals surface area (Å²) in [6.07, 6.45) is 0. The number of carbonyl (C=O) groups is 3. The van der Waals surface area contributed by atoms with E-state index in [9.17, 15) is 18.8 Å². The minimum Gasteiger partial charge on any atom is -0.465 e. The number of rotatable bonds is 5. The van der Waals surface area contributed by atoms with Crippen LogP contribution in [-0.2, 0) is 9.53 Å². The zero-order chi connectivity index (χ0) is 17.5. The second kappa shape index (κ2) is 7.87. The summed E-state index contributed by atoms with van der Waals surface area (Å²) in [5.41, 5.74) is 0.295. The molecule has 0 saturated heterocycles. The normalized spacial score (nSPS) is 9.92. The minimum absolute atomic E-state index is 0.153. The van der Waals surface area contributed by atoms with E-state index >= 15 is 0 Å². The number of carbonyl (C=O) groups excluding carboxylic acids is 3. The maximum absolute atomic E-state index is 13.5. The molecule has 0 saturated carbocycles. The van der Waals surface area contributed by atoms with Gasteiger partial charge in [0, 0.05) is 0 Å². The maximum Gasteiger partial charge on any atom is 0.339 e. The highest BCUT2D eigenvalue weighted by molar-refractivity contribution is 6.03. The molecule has 0 radical (unpaired) electrons. The molecule has 0 bridgehead atoms. The third-order valence-electron chi connectivity index (χ3n) is 3.13. The largest absolute Gasteiger partial charge is 0.465 e. The summed E-state index contributed by atoms with van der Waals surface area (Å²) in [4.78, 5) is 35.4. The van der Waals surface area contributed by atoms with E-state index in [0.717, 1.165) is 6.07 Å². The lowest BCUT2D eigenvalue weighted by atomic mass is 10.2. The molecule has 2 aromatic carbocycles. The first-order chi connectivity index (χ1) is 11.5. The predicted molar refractivity (Wildman–Crippen MR) is 85.1 cm³/mol. The summed E-state index contributed by atoms with van der Waals surface area (Å²) in [6, 6.07) is 11.7. The van der Waals surface area contributed by atoms with Crippen LogP contribution in [0.1, 0.15) is 20.7 Å². The molecule has 0 atom stereocenters. The molecule has 0 fully saturated rings. The van der Waals surface area contributed by atoms with Gasteiger partial charge in [-0.1, -0.05) is 24.3 Å². The van der Waals surface area contributed by atoms with E-state index in [0.29, 0.717) is 0 Å². The van der Waals surface area contributed by atoms with Gasteiger partial charge in [-0.05, 0) is 24.3 Å². The van der Waals surface area contributed by atoms with Gasteiger partial charge in [-0.2, -0.15) is 0 Å². The average Bonchev–Trinajstić information content (AvgIpc) is 2.60. The SMILES string of the molecule is COC(=O)c1ccccc1NC(=O)CNC(=O)c1ccccc1F. The van der Waals surface area contributed by atoms with Gasteiger partial charge in [-0.3, -0.25) is 9.59 Å². The van der Waals surface area contributed by atoms with Gasteiger partial charge in [0.1, 0.15) is 5.82 Å². The van der Waals surface area contributed by atoms with Gasteiger partial charge in [0.15, 0.2) is 0 Å². The van der Waals surface area contributed by atoms with Crippen LogP contribution in [0.5, 0.6) is 0 Å². The molecule has 0 aromatic heterocycles. The Labute approximate surface area is 137 Å². The summed E-state index contributed by atoms with van der Waals surface area (Å²) >= 11 is 0. The lowest BCUT2D eigenvalue weighted by molar-refractivity contribution is -0.115. The van der Waals surface area contributed by atoms with E-state index < -0.39 is 23.6 Å². The van der Waals surface area contributed by atoms with Gasteiger partial charge in [0.05, 0.1) is 30.5 Å². The number of benzene rings is 2. The van der Waals surface area contributed by atoms with Crippen LogP contribution >= 0.6 is 0 Å². The van der Waals surface area contributed by atoms with Gasteiger partial charge in [0.2, 0.25) is 5.91 Å². The Hall–Kier alpha value is -3.22. The van der Waals surface area contributed by atoms with Crippen LogP contribution in [-0.4, -0.2) is 31.4 Å². The Morgan fingerprint density at radius 1 is 1.00 bits per heavy atom. The van der Waals surface area contributed by atoms with E-state index in [-0.39, 0.29) is 23.4 Å². The Morgan fingerprint density at radius 2 is 1.62 bits per heavy atom. The molecule has 124 valence electrons.